The second kappa shape index (κ2) is 9.02. The van der Waals surface area contributed by atoms with E-state index in [0.29, 0.717) is 16.3 Å². The number of carbonyl (C=O) groups is 2. The predicted octanol–water partition coefficient (Wildman–Crippen LogP) is 3.99. The first-order valence-corrected chi connectivity index (χ1v) is 9.61. The maximum Gasteiger partial charge on any atom is 0.255 e. The second-order valence-electron chi connectivity index (χ2n) is 6.81. The van der Waals surface area contributed by atoms with Crippen LogP contribution in [0, 0.1) is 0 Å². The molecule has 0 aromatic heterocycles. The van der Waals surface area contributed by atoms with Crippen LogP contribution in [0.15, 0.2) is 48.5 Å². The summed E-state index contributed by atoms with van der Waals surface area (Å²) in [7, 11) is 0. The Morgan fingerprint density at radius 2 is 1.78 bits per heavy atom. The molecule has 1 aliphatic heterocycles. The van der Waals surface area contributed by atoms with Crippen LogP contribution < -0.4 is 11.1 Å². The molecule has 2 aromatic rings. The lowest BCUT2D eigenvalue weighted by Crippen LogP contribution is -2.36. The number of benzene rings is 2. The van der Waals surface area contributed by atoms with Gasteiger partial charge in [-0.2, -0.15) is 0 Å². The van der Waals surface area contributed by atoms with Crippen LogP contribution in [0.2, 0.25) is 5.02 Å². The fourth-order valence-corrected chi connectivity index (χ4v) is 3.46. The molecule has 0 bridgehead atoms. The van der Waals surface area contributed by atoms with Crippen molar-refractivity contribution in [1.82, 2.24) is 4.90 Å². The number of halogens is 1. The maximum atomic E-state index is 12.9. The number of hydrogen-bond acceptors (Lipinski definition) is 3. The molecular weight excluding hydrogens is 362 g/mol. The lowest BCUT2D eigenvalue weighted by atomic mass is 10.0. The molecule has 3 rings (SSSR count). The molecule has 1 atom stereocenters. The minimum absolute atomic E-state index is 0.0750. The first-order chi connectivity index (χ1) is 13.0. The molecular formula is C21H24ClN3O2. The van der Waals surface area contributed by atoms with Gasteiger partial charge in [-0.1, -0.05) is 41.9 Å². The summed E-state index contributed by atoms with van der Waals surface area (Å²) >= 11 is 6.09. The van der Waals surface area contributed by atoms with Crippen LogP contribution in [0.4, 0.5) is 5.69 Å². The highest BCUT2D eigenvalue weighted by atomic mass is 35.5. The molecule has 0 radical (unpaired) electrons. The van der Waals surface area contributed by atoms with Gasteiger partial charge in [-0.15, -0.1) is 0 Å². The molecule has 0 spiro atoms. The zero-order chi connectivity index (χ0) is 19.2. The molecule has 1 saturated heterocycles. The largest absolute Gasteiger partial charge is 0.339 e. The third-order valence-corrected chi connectivity index (χ3v) is 5.00. The van der Waals surface area contributed by atoms with E-state index in [1.165, 1.54) is 0 Å². The van der Waals surface area contributed by atoms with Crippen LogP contribution in [0.1, 0.15) is 47.6 Å². The number of nitrogens with zero attached hydrogens (tertiary/aromatic N) is 1. The van der Waals surface area contributed by atoms with Gasteiger partial charge in [0.15, 0.2) is 0 Å². The molecule has 27 heavy (non-hydrogen) atoms. The molecule has 1 fully saturated rings. The molecule has 142 valence electrons. The molecule has 1 unspecified atom stereocenters. The Hall–Kier alpha value is -2.37. The highest BCUT2D eigenvalue weighted by Gasteiger charge is 2.22. The van der Waals surface area contributed by atoms with Crippen LogP contribution >= 0.6 is 11.6 Å². The van der Waals surface area contributed by atoms with Crippen LogP contribution in [-0.4, -0.2) is 29.8 Å². The van der Waals surface area contributed by atoms with Gasteiger partial charge >= 0.3 is 0 Å². The van der Waals surface area contributed by atoms with E-state index in [9.17, 15) is 9.59 Å². The SMILES string of the molecule is NC(CC(=O)Nc1cc(Cl)ccc1C(=O)N1CCCCC1)c1ccccc1. The first kappa shape index (κ1) is 19.4. The third-order valence-electron chi connectivity index (χ3n) is 4.76. The summed E-state index contributed by atoms with van der Waals surface area (Å²) in [6.45, 7) is 1.49. The predicted molar refractivity (Wildman–Crippen MR) is 108 cm³/mol. The number of nitrogens with one attached hydrogen (secondary N) is 1. The Kier molecular flexibility index (Phi) is 6.48. The van der Waals surface area contributed by atoms with E-state index in [2.05, 4.69) is 5.32 Å². The molecule has 3 N–H and O–H groups in total. The van der Waals surface area contributed by atoms with Crippen molar-refractivity contribution in [2.24, 2.45) is 5.73 Å². The van der Waals surface area contributed by atoms with Crippen LogP contribution in [0.25, 0.3) is 0 Å². The zero-order valence-electron chi connectivity index (χ0n) is 15.2. The van der Waals surface area contributed by atoms with Gasteiger partial charge in [0.1, 0.15) is 0 Å². The summed E-state index contributed by atoms with van der Waals surface area (Å²) in [6.07, 6.45) is 3.28. The molecule has 0 saturated carbocycles. The minimum atomic E-state index is -0.411. The normalized spacial score (nSPS) is 15.3. The number of amides is 2. The number of piperidine rings is 1. The molecule has 1 heterocycles. The lowest BCUT2D eigenvalue weighted by molar-refractivity contribution is -0.116. The smallest absolute Gasteiger partial charge is 0.255 e. The van der Waals surface area contributed by atoms with Gasteiger partial charge in [0.05, 0.1) is 11.3 Å². The molecule has 5 nitrogen and oxygen atoms in total. The monoisotopic (exact) mass is 385 g/mol. The quantitative estimate of drug-likeness (QED) is 0.816. The van der Waals surface area contributed by atoms with Gasteiger partial charge in [-0.05, 0) is 43.0 Å². The fourth-order valence-electron chi connectivity index (χ4n) is 3.29. The number of nitrogens with two attached hydrogens (primary N) is 1. The lowest BCUT2D eigenvalue weighted by Gasteiger charge is -2.27. The van der Waals surface area contributed by atoms with Gasteiger partial charge in [-0.25, -0.2) is 0 Å². The van der Waals surface area contributed by atoms with Gasteiger partial charge < -0.3 is 16.0 Å². The highest BCUT2D eigenvalue weighted by Crippen LogP contribution is 2.25. The van der Waals surface area contributed by atoms with E-state index in [0.717, 1.165) is 37.9 Å². The molecule has 6 heteroatoms. The van der Waals surface area contributed by atoms with Crippen LogP contribution in [0.5, 0.6) is 0 Å². The summed E-state index contributed by atoms with van der Waals surface area (Å²) in [5.41, 5.74) is 7.92. The van der Waals surface area contributed by atoms with Crippen molar-refractivity contribution in [3.63, 3.8) is 0 Å². The Bertz CT molecular complexity index is 804. The first-order valence-electron chi connectivity index (χ1n) is 9.24. The highest BCUT2D eigenvalue weighted by molar-refractivity contribution is 6.31. The van der Waals surface area contributed by atoms with Gasteiger partial charge in [0, 0.05) is 30.6 Å². The third kappa shape index (κ3) is 5.08. The van der Waals surface area contributed by atoms with E-state index in [-0.39, 0.29) is 18.2 Å². The Morgan fingerprint density at radius 3 is 2.48 bits per heavy atom. The number of anilines is 1. The van der Waals surface area contributed by atoms with Gasteiger partial charge in [0.2, 0.25) is 5.91 Å². The summed E-state index contributed by atoms with van der Waals surface area (Å²) in [5, 5.41) is 3.29. The van der Waals surface area contributed by atoms with Gasteiger partial charge in [0.25, 0.3) is 5.91 Å². The van der Waals surface area contributed by atoms with Crippen molar-refractivity contribution in [3.05, 3.63) is 64.7 Å². The Labute approximate surface area is 164 Å². The van der Waals surface area contributed by atoms with Crippen LogP contribution in [0.3, 0.4) is 0 Å². The van der Waals surface area contributed by atoms with Crippen molar-refractivity contribution >= 4 is 29.1 Å². The number of rotatable bonds is 5. The number of carbonyl (C=O) groups excluding carboxylic acids is 2. The van der Waals surface area contributed by atoms with E-state index < -0.39 is 6.04 Å². The molecule has 1 aliphatic rings. The maximum absolute atomic E-state index is 12.9. The van der Waals surface area contributed by atoms with Crippen molar-refractivity contribution in [2.75, 3.05) is 18.4 Å². The summed E-state index contributed by atoms with van der Waals surface area (Å²) in [4.78, 5) is 27.2. The molecule has 0 aliphatic carbocycles. The second-order valence-corrected chi connectivity index (χ2v) is 7.25. The number of likely N-dealkylation sites (tertiary alicyclic amines) is 1. The van der Waals surface area contributed by atoms with Crippen molar-refractivity contribution < 1.29 is 9.59 Å². The number of hydrogen-bond donors (Lipinski definition) is 2. The average molecular weight is 386 g/mol. The minimum Gasteiger partial charge on any atom is -0.339 e. The van der Waals surface area contributed by atoms with Gasteiger partial charge in [-0.3, -0.25) is 9.59 Å². The molecule has 2 amide bonds. The van der Waals surface area contributed by atoms with Crippen molar-refractivity contribution in [1.29, 1.82) is 0 Å². The van der Waals surface area contributed by atoms with Crippen molar-refractivity contribution in [3.8, 4) is 0 Å². The van der Waals surface area contributed by atoms with E-state index in [1.807, 2.05) is 35.2 Å². The topological polar surface area (TPSA) is 75.4 Å². The summed E-state index contributed by atoms with van der Waals surface area (Å²) in [5.74, 6) is -0.324. The van der Waals surface area contributed by atoms with E-state index in [4.69, 9.17) is 17.3 Å². The summed E-state index contributed by atoms with van der Waals surface area (Å²) < 4.78 is 0. The fraction of sp³-hybridized carbons (Fsp3) is 0.333. The van der Waals surface area contributed by atoms with E-state index >= 15 is 0 Å². The molecule has 2 aromatic carbocycles. The summed E-state index contributed by atoms with van der Waals surface area (Å²) in [6, 6.07) is 14.0. The Morgan fingerprint density at radius 1 is 1.07 bits per heavy atom. The average Bonchev–Trinajstić information content (AvgIpc) is 2.69. The standard InChI is InChI=1S/C21H24ClN3O2/c22-16-9-10-17(21(27)25-11-5-2-6-12-25)19(13-16)24-20(26)14-18(23)15-7-3-1-4-8-15/h1,3-4,7-10,13,18H,2,5-6,11-12,14,23H2,(H,24,26). The van der Waals surface area contributed by atoms with Crippen LogP contribution in [-0.2, 0) is 4.79 Å². The zero-order valence-corrected chi connectivity index (χ0v) is 15.9. The van der Waals surface area contributed by atoms with E-state index in [1.54, 1.807) is 18.2 Å². The van der Waals surface area contributed by atoms with Crippen molar-refractivity contribution in [2.45, 2.75) is 31.7 Å². The Balaban J connectivity index is 1.72.